The van der Waals surface area contributed by atoms with Crippen molar-refractivity contribution in [3.8, 4) is 5.75 Å². The van der Waals surface area contributed by atoms with E-state index in [4.69, 9.17) is 32.7 Å². The highest BCUT2D eigenvalue weighted by Crippen LogP contribution is 2.48. The van der Waals surface area contributed by atoms with E-state index in [0.717, 1.165) is 15.6 Å². The lowest BCUT2D eigenvalue weighted by Crippen LogP contribution is -2.29. The molecule has 37 heavy (non-hydrogen) atoms. The van der Waals surface area contributed by atoms with Gasteiger partial charge in [0, 0.05) is 32.8 Å². The molecule has 0 bridgehead atoms. The van der Waals surface area contributed by atoms with Gasteiger partial charge in [0.25, 0.3) is 0 Å². The fourth-order valence-electron chi connectivity index (χ4n) is 4.76. The number of esters is 1. The summed E-state index contributed by atoms with van der Waals surface area (Å²) in [6.45, 7) is 4.02. The molecule has 188 valence electrons. The zero-order valence-corrected chi connectivity index (χ0v) is 23.1. The third kappa shape index (κ3) is 4.70. The van der Waals surface area contributed by atoms with Crippen LogP contribution in [0.3, 0.4) is 0 Å². The highest BCUT2D eigenvalue weighted by atomic mass is 79.9. The lowest BCUT2D eigenvalue weighted by atomic mass is 9.80. The number of ether oxygens (including phenoxy) is 2. The van der Waals surface area contributed by atoms with Crippen molar-refractivity contribution in [1.82, 2.24) is 5.32 Å². The molecule has 0 fully saturated rings. The van der Waals surface area contributed by atoms with E-state index in [2.05, 4.69) is 21.2 Å². The number of allylic oxidation sites excluding steroid dienone is 2. The Morgan fingerprint density at radius 3 is 2.32 bits per heavy atom. The molecule has 8 heteroatoms. The van der Waals surface area contributed by atoms with Crippen LogP contribution in [0.4, 0.5) is 0 Å². The summed E-state index contributed by atoms with van der Waals surface area (Å²) in [7, 11) is 0. The monoisotopic (exact) mass is 597 g/mol. The first kappa shape index (κ1) is 25.6. The number of carbonyl (C=O) groups excluding carboxylic acids is 2. The van der Waals surface area contributed by atoms with Crippen molar-refractivity contribution in [2.45, 2.75) is 26.4 Å². The minimum atomic E-state index is -0.717. The Morgan fingerprint density at radius 1 is 1.03 bits per heavy atom. The number of carbonyl (C=O) groups is 2. The van der Waals surface area contributed by atoms with Crippen molar-refractivity contribution in [3.63, 3.8) is 0 Å². The van der Waals surface area contributed by atoms with Crippen LogP contribution in [-0.4, -0.2) is 18.4 Å². The van der Waals surface area contributed by atoms with Crippen LogP contribution in [0.15, 0.2) is 82.0 Å². The highest BCUT2D eigenvalue weighted by Gasteiger charge is 2.43. The maximum absolute atomic E-state index is 13.6. The van der Waals surface area contributed by atoms with Crippen molar-refractivity contribution in [1.29, 1.82) is 0 Å². The summed E-state index contributed by atoms with van der Waals surface area (Å²) >= 11 is 16.8. The summed E-state index contributed by atoms with van der Waals surface area (Å²) in [5.41, 5.74) is 5.01. The summed E-state index contributed by atoms with van der Waals surface area (Å²) in [4.78, 5) is 26.7. The van der Waals surface area contributed by atoms with Gasteiger partial charge in [-0.2, -0.15) is 0 Å². The van der Waals surface area contributed by atoms with Gasteiger partial charge < -0.3 is 14.8 Å². The van der Waals surface area contributed by atoms with E-state index >= 15 is 0 Å². The molecule has 0 radical (unpaired) electrons. The zero-order chi connectivity index (χ0) is 26.3. The van der Waals surface area contributed by atoms with Gasteiger partial charge >= 0.3 is 5.97 Å². The SMILES string of the molecule is CCOC(=O)C1=C(C)NC2=C(C(=O)c3ccccc32)[C@H]1c1cc(Cl)c(OCc2ccc(Br)cc2)c(Cl)c1. The Labute approximate surface area is 233 Å². The van der Waals surface area contributed by atoms with Gasteiger partial charge in [0.05, 0.1) is 27.9 Å². The largest absolute Gasteiger partial charge is 0.486 e. The van der Waals surface area contributed by atoms with E-state index in [1.165, 1.54) is 0 Å². The molecule has 5 rings (SSSR count). The molecule has 3 aromatic rings. The number of fused-ring (bicyclic) bond motifs is 2. The lowest BCUT2D eigenvalue weighted by molar-refractivity contribution is -0.138. The van der Waals surface area contributed by atoms with E-state index in [9.17, 15) is 9.59 Å². The Kier molecular flexibility index (Phi) is 7.17. The van der Waals surface area contributed by atoms with Gasteiger partial charge in [-0.15, -0.1) is 0 Å². The first-order valence-corrected chi connectivity index (χ1v) is 13.2. The number of Topliss-reactive ketones (excluding diaryl/α,β-unsaturated/α-hetero) is 1. The van der Waals surface area contributed by atoms with Crippen LogP contribution in [-0.2, 0) is 16.1 Å². The van der Waals surface area contributed by atoms with Crippen LogP contribution in [0, 0.1) is 0 Å². The van der Waals surface area contributed by atoms with Gasteiger partial charge in [-0.3, -0.25) is 4.79 Å². The first-order chi connectivity index (χ1) is 17.8. The number of hydrogen-bond acceptors (Lipinski definition) is 5. The van der Waals surface area contributed by atoms with Crippen LogP contribution in [0.5, 0.6) is 5.75 Å². The van der Waals surface area contributed by atoms with Crippen molar-refractivity contribution in [2.24, 2.45) is 0 Å². The molecule has 0 saturated heterocycles. The fourth-order valence-corrected chi connectivity index (χ4v) is 5.64. The van der Waals surface area contributed by atoms with Crippen molar-refractivity contribution < 1.29 is 19.1 Å². The molecule has 0 spiro atoms. The fraction of sp³-hybridized carbons (Fsp3) is 0.172. The topological polar surface area (TPSA) is 64.6 Å². The Morgan fingerprint density at radius 2 is 1.68 bits per heavy atom. The maximum Gasteiger partial charge on any atom is 0.336 e. The molecule has 3 aromatic carbocycles. The predicted molar refractivity (Wildman–Crippen MR) is 148 cm³/mol. The third-order valence-corrected chi connectivity index (χ3v) is 7.48. The van der Waals surface area contributed by atoms with Gasteiger partial charge in [-0.25, -0.2) is 4.79 Å². The highest BCUT2D eigenvalue weighted by molar-refractivity contribution is 9.10. The summed E-state index contributed by atoms with van der Waals surface area (Å²) in [6, 6.07) is 18.5. The average Bonchev–Trinajstić information content (AvgIpc) is 3.15. The summed E-state index contributed by atoms with van der Waals surface area (Å²) in [5.74, 6) is -1.04. The summed E-state index contributed by atoms with van der Waals surface area (Å²) < 4.78 is 12.3. The second kappa shape index (κ2) is 10.4. The Hall–Kier alpha value is -3.06. The van der Waals surface area contributed by atoms with Gasteiger partial charge in [-0.1, -0.05) is 75.5 Å². The molecular formula is C29H22BrCl2NO4. The molecule has 1 aliphatic carbocycles. The van der Waals surface area contributed by atoms with Crippen LogP contribution in [0.2, 0.25) is 10.0 Å². The second-order valence-corrected chi connectivity index (χ2v) is 10.4. The van der Waals surface area contributed by atoms with Gasteiger partial charge in [-0.05, 0) is 49.2 Å². The maximum atomic E-state index is 13.6. The number of rotatable bonds is 6. The zero-order valence-electron chi connectivity index (χ0n) is 20.0. The Balaban J connectivity index is 1.57. The number of halogens is 3. The average molecular weight is 599 g/mol. The van der Waals surface area contributed by atoms with Crippen molar-refractivity contribution >= 4 is 56.6 Å². The normalized spacial score (nSPS) is 16.4. The van der Waals surface area contributed by atoms with E-state index in [1.54, 1.807) is 32.0 Å². The molecule has 0 unspecified atom stereocenters. The summed E-state index contributed by atoms with van der Waals surface area (Å²) in [5, 5.41) is 3.84. The minimum absolute atomic E-state index is 0.153. The molecule has 1 N–H and O–H groups in total. The second-order valence-electron chi connectivity index (χ2n) is 8.71. The molecule has 0 aromatic heterocycles. The van der Waals surface area contributed by atoms with E-state index < -0.39 is 11.9 Å². The molecule has 1 heterocycles. The van der Waals surface area contributed by atoms with Crippen LogP contribution >= 0.6 is 39.1 Å². The third-order valence-electron chi connectivity index (χ3n) is 6.39. The van der Waals surface area contributed by atoms with Crippen LogP contribution in [0.25, 0.3) is 5.70 Å². The van der Waals surface area contributed by atoms with E-state index in [0.29, 0.717) is 39.4 Å². The first-order valence-electron chi connectivity index (χ1n) is 11.7. The number of dihydropyridines is 1. The quantitative estimate of drug-likeness (QED) is 0.298. The molecule has 2 aliphatic rings. The van der Waals surface area contributed by atoms with Gasteiger partial charge in [0.2, 0.25) is 0 Å². The molecule has 0 saturated carbocycles. The molecule has 5 nitrogen and oxygen atoms in total. The molecular weight excluding hydrogens is 577 g/mol. The number of benzene rings is 3. The van der Waals surface area contributed by atoms with E-state index in [1.807, 2.05) is 42.5 Å². The summed E-state index contributed by atoms with van der Waals surface area (Å²) in [6.07, 6.45) is 0. The number of ketones is 1. The predicted octanol–water partition coefficient (Wildman–Crippen LogP) is 7.47. The van der Waals surface area contributed by atoms with Gasteiger partial charge in [0.15, 0.2) is 11.5 Å². The van der Waals surface area contributed by atoms with E-state index in [-0.39, 0.29) is 29.0 Å². The Bertz CT molecular complexity index is 1470. The van der Waals surface area contributed by atoms with Crippen LogP contribution < -0.4 is 10.1 Å². The lowest BCUT2D eigenvalue weighted by Gasteiger charge is -2.29. The number of hydrogen-bond donors (Lipinski definition) is 1. The van der Waals surface area contributed by atoms with Crippen molar-refractivity contribution in [2.75, 3.05) is 6.61 Å². The van der Waals surface area contributed by atoms with Gasteiger partial charge in [0.1, 0.15) is 6.61 Å². The standard InChI is InChI=1S/C29H22BrCl2NO4/c1-3-36-29(35)23-15(2)33-26-19-6-4-5-7-20(19)27(34)25(26)24(23)17-12-21(31)28(22(32)13-17)37-14-16-8-10-18(30)11-9-16/h4-13,24,33H,3,14H2,1-2H3/t24-/m0/s1. The minimum Gasteiger partial charge on any atom is -0.486 e. The molecule has 1 aliphatic heterocycles. The van der Waals surface area contributed by atoms with Crippen molar-refractivity contribution in [3.05, 3.63) is 114 Å². The molecule has 1 atom stereocenters. The number of nitrogens with one attached hydrogen (secondary N) is 1. The van der Waals surface area contributed by atoms with Crippen LogP contribution in [0.1, 0.15) is 46.8 Å². The smallest absolute Gasteiger partial charge is 0.336 e. The molecule has 0 amide bonds.